The molecule has 28 heavy (non-hydrogen) atoms. The largest absolute Gasteiger partial charge is 0.296 e. The summed E-state index contributed by atoms with van der Waals surface area (Å²) in [5.41, 5.74) is 5.04. The number of hydrogen-bond donors (Lipinski definition) is 0. The van der Waals surface area contributed by atoms with Gasteiger partial charge in [-0.2, -0.15) is 5.26 Å². The minimum Gasteiger partial charge on any atom is -0.296 e. The van der Waals surface area contributed by atoms with E-state index in [0.717, 1.165) is 52.9 Å². The lowest BCUT2D eigenvalue weighted by Crippen LogP contribution is -2.25. The summed E-state index contributed by atoms with van der Waals surface area (Å²) in [6, 6.07) is 8.84. The first-order valence-corrected chi connectivity index (χ1v) is 11.1. The van der Waals surface area contributed by atoms with E-state index in [1.165, 1.54) is 24.0 Å². The Hall–Kier alpha value is -2.45. The van der Waals surface area contributed by atoms with Crippen LogP contribution in [0.4, 0.5) is 0 Å². The van der Waals surface area contributed by atoms with E-state index >= 15 is 0 Å². The number of hydrogen-bond acceptors (Lipinski definition) is 4. The summed E-state index contributed by atoms with van der Waals surface area (Å²) in [4.78, 5) is 19.1. The summed E-state index contributed by atoms with van der Waals surface area (Å²) in [6.07, 6.45) is 7.66. The van der Waals surface area contributed by atoms with Crippen LogP contribution in [0.2, 0.25) is 0 Å². The molecule has 4 nitrogen and oxygen atoms in total. The SMILES string of the molecule is CCCc1nc2scc(-c3ccc4c(c3)CCCC4)c2c(=O)n1CCCC#N. The molecule has 144 valence electrons. The van der Waals surface area contributed by atoms with E-state index in [1.807, 2.05) is 0 Å². The Morgan fingerprint density at radius 2 is 2.07 bits per heavy atom. The molecular weight excluding hydrogens is 366 g/mol. The second kappa shape index (κ2) is 8.28. The van der Waals surface area contributed by atoms with Gasteiger partial charge in [0.2, 0.25) is 0 Å². The van der Waals surface area contributed by atoms with Crippen LogP contribution in [0.15, 0.2) is 28.4 Å². The molecule has 0 unspecified atom stereocenters. The molecule has 1 aliphatic rings. The van der Waals surface area contributed by atoms with Crippen LogP contribution in [-0.4, -0.2) is 9.55 Å². The Morgan fingerprint density at radius 3 is 2.86 bits per heavy atom. The van der Waals surface area contributed by atoms with Gasteiger partial charge in [0.25, 0.3) is 5.56 Å². The second-order valence-corrected chi connectivity index (χ2v) is 8.37. The fourth-order valence-corrected chi connectivity index (χ4v) is 5.10. The van der Waals surface area contributed by atoms with Crippen molar-refractivity contribution >= 4 is 21.6 Å². The lowest BCUT2D eigenvalue weighted by atomic mass is 9.89. The summed E-state index contributed by atoms with van der Waals surface area (Å²) >= 11 is 1.56. The maximum atomic E-state index is 13.4. The summed E-state index contributed by atoms with van der Waals surface area (Å²) < 4.78 is 1.80. The van der Waals surface area contributed by atoms with Crippen LogP contribution in [0, 0.1) is 11.3 Å². The summed E-state index contributed by atoms with van der Waals surface area (Å²) in [5.74, 6) is 0.844. The molecule has 0 atom stereocenters. The number of thiophene rings is 1. The highest BCUT2D eigenvalue weighted by Gasteiger charge is 2.18. The number of unbranched alkanes of at least 4 members (excludes halogenated alkanes) is 1. The number of benzene rings is 1. The molecule has 0 radical (unpaired) electrons. The third kappa shape index (κ3) is 3.49. The predicted octanol–water partition coefficient (Wildman–Crippen LogP) is 5.26. The third-order valence-corrected chi connectivity index (χ3v) is 6.45. The van der Waals surface area contributed by atoms with Crippen LogP contribution in [0.25, 0.3) is 21.3 Å². The molecule has 0 N–H and O–H groups in total. The zero-order chi connectivity index (χ0) is 19.5. The zero-order valence-corrected chi connectivity index (χ0v) is 17.1. The van der Waals surface area contributed by atoms with Gasteiger partial charge in [-0.15, -0.1) is 11.3 Å². The second-order valence-electron chi connectivity index (χ2n) is 7.52. The summed E-state index contributed by atoms with van der Waals surface area (Å²) in [7, 11) is 0. The Bertz CT molecular complexity index is 1100. The van der Waals surface area contributed by atoms with Gasteiger partial charge in [0.1, 0.15) is 10.7 Å². The van der Waals surface area contributed by atoms with Gasteiger partial charge in [-0.25, -0.2) is 4.98 Å². The van der Waals surface area contributed by atoms with Gasteiger partial charge in [-0.3, -0.25) is 9.36 Å². The van der Waals surface area contributed by atoms with E-state index in [9.17, 15) is 4.79 Å². The Labute approximate surface area is 169 Å². The van der Waals surface area contributed by atoms with E-state index in [4.69, 9.17) is 10.2 Å². The van der Waals surface area contributed by atoms with Crippen LogP contribution < -0.4 is 5.56 Å². The number of rotatable bonds is 6. The average Bonchev–Trinajstić information content (AvgIpc) is 3.14. The molecule has 1 aromatic carbocycles. The van der Waals surface area contributed by atoms with Crippen molar-refractivity contribution in [1.82, 2.24) is 9.55 Å². The van der Waals surface area contributed by atoms with E-state index in [2.05, 4.69) is 36.6 Å². The molecule has 3 aromatic rings. The zero-order valence-electron chi connectivity index (χ0n) is 16.3. The van der Waals surface area contributed by atoms with Crippen molar-refractivity contribution in [3.8, 4) is 17.2 Å². The van der Waals surface area contributed by atoms with Gasteiger partial charge in [-0.05, 0) is 55.2 Å². The van der Waals surface area contributed by atoms with Crippen molar-refractivity contribution in [2.24, 2.45) is 0 Å². The first-order valence-electron chi connectivity index (χ1n) is 10.2. The maximum Gasteiger partial charge on any atom is 0.262 e. The van der Waals surface area contributed by atoms with Crippen molar-refractivity contribution in [2.75, 3.05) is 0 Å². The number of aryl methyl sites for hydroxylation is 3. The highest BCUT2D eigenvalue weighted by Crippen LogP contribution is 2.34. The summed E-state index contributed by atoms with van der Waals surface area (Å²) in [5, 5.41) is 11.7. The van der Waals surface area contributed by atoms with Crippen molar-refractivity contribution in [3.63, 3.8) is 0 Å². The lowest BCUT2D eigenvalue weighted by Gasteiger charge is -2.16. The van der Waals surface area contributed by atoms with Crippen LogP contribution >= 0.6 is 11.3 Å². The minimum absolute atomic E-state index is 0.0420. The molecule has 4 rings (SSSR count). The van der Waals surface area contributed by atoms with Crippen LogP contribution in [0.3, 0.4) is 0 Å². The van der Waals surface area contributed by atoms with Gasteiger partial charge >= 0.3 is 0 Å². The number of nitriles is 1. The molecule has 2 aromatic heterocycles. The fraction of sp³-hybridized carbons (Fsp3) is 0.435. The van der Waals surface area contributed by atoms with Gasteiger partial charge in [0, 0.05) is 30.3 Å². The van der Waals surface area contributed by atoms with Crippen LogP contribution in [0.1, 0.15) is 56.0 Å². The molecular formula is C23H25N3OS. The molecule has 0 fully saturated rings. The molecule has 5 heteroatoms. The Balaban J connectivity index is 1.83. The normalized spacial score (nSPS) is 13.4. The molecule has 0 bridgehead atoms. The smallest absolute Gasteiger partial charge is 0.262 e. The molecule has 0 spiro atoms. The quantitative estimate of drug-likeness (QED) is 0.539. The van der Waals surface area contributed by atoms with Gasteiger partial charge in [-0.1, -0.05) is 25.1 Å². The summed E-state index contributed by atoms with van der Waals surface area (Å²) in [6.45, 7) is 2.66. The van der Waals surface area contributed by atoms with Crippen molar-refractivity contribution in [1.29, 1.82) is 5.26 Å². The highest BCUT2D eigenvalue weighted by atomic mass is 32.1. The average molecular weight is 392 g/mol. The van der Waals surface area contributed by atoms with Gasteiger partial charge in [0.15, 0.2) is 0 Å². The van der Waals surface area contributed by atoms with Crippen molar-refractivity contribution in [3.05, 3.63) is 50.9 Å². The number of aromatic nitrogens is 2. The molecule has 0 saturated carbocycles. The third-order valence-electron chi connectivity index (χ3n) is 5.58. The highest BCUT2D eigenvalue weighted by molar-refractivity contribution is 7.17. The topological polar surface area (TPSA) is 58.7 Å². The predicted molar refractivity (Wildman–Crippen MR) is 115 cm³/mol. The maximum absolute atomic E-state index is 13.4. The van der Waals surface area contributed by atoms with Crippen molar-refractivity contribution < 1.29 is 0 Å². The van der Waals surface area contributed by atoms with E-state index in [-0.39, 0.29) is 5.56 Å². The first-order chi connectivity index (χ1) is 13.7. The van der Waals surface area contributed by atoms with E-state index in [1.54, 1.807) is 15.9 Å². The van der Waals surface area contributed by atoms with Gasteiger partial charge < -0.3 is 0 Å². The Morgan fingerprint density at radius 1 is 1.25 bits per heavy atom. The first kappa shape index (κ1) is 18.9. The van der Waals surface area contributed by atoms with Crippen LogP contribution in [-0.2, 0) is 25.8 Å². The molecule has 0 saturated heterocycles. The molecule has 0 amide bonds. The molecule has 0 aliphatic heterocycles. The van der Waals surface area contributed by atoms with E-state index in [0.29, 0.717) is 19.4 Å². The molecule has 1 aliphatic carbocycles. The minimum atomic E-state index is 0.0420. The van der Waals surface area contributed by atoms with E-state index < -0.39 is 0 Å². The van der Waals surface area contributed by atoms with Gasteiger partial charge in [0.05, 0.1) is 11.5 Å². The monoisotopic (exact) mass is 391 g/mol. The van der Waals surface area contributed by atoms with Crippen LogP contribution in [0.5, 0.6) is 0 Å². The number of fused-ring (bicyclic) bond motifs is 2. The fourth-order valence-electron chi connectivity index (χ4n) is 4.14. The number of nitrogens with zero attached hydrogens (tertiary/aromatic N) is 3. The Kier molecular flexibility index (Phi) is 5.59. The lowest BCUT2D eigenvalue weighted by molar-refractivity contribution is 0.585. The molecule has 2 heterocycles. The van der Waals surface area contributed by atoms with Crippen molar-refractivity contribution in [2.45, 2.75) is 64.8 Å². The standard InChI is InChI=1S/C23H25N3OS/c1-2-7-20-25-22-21(23(27)26(20)13-6-5-12-24)19(15-28-22)18-11-10-16-8-3-4-9-17(16)14-18/h10-11,14-15H,2-9,13H2,1H3.